The summed E-state index contributed by atoms with van der Waals surface area (Å²) in [5.74, 6) is -0.241. The summed E-state index contributed by atoms with van der Waals surface area (Å²) in [6, 6.07) is 12.4. The van der Waals surface area contributed by atoms with Crippen molar-refractivity contribution in [2.24, 2.45) is 5.73 Å². The summed E-state index contributed by atoms with van der Waals surface area (Å²) in [5, 5.41) is 3.28. The second-order valence-electron chi connectivity index (χ2n) is 4.44. The normalized spacial score (nSPS) is 12.2. The number of aryl methyl sites for hydroxylation is 1. The van der Waals surface area contributed by atoms with Gasteiger partial charge in [-0.3, -0.25) is 0 Å². The Kier molecular flexibility index (Phi) is 4.56. The minimum Gasteiger partial charge on any atom is -0.376 e. The van der Waals surface area contributed by atoms with E-state index >= 15 is 0 Å². The lowest BCUT2D eigenvalue weighted by Gasteiger charge is -2.20. The molecule has 0 saturated carbocycles. The monoisotopic (exact) mass is 322 g/mol. The maximum absolute atomic E-state index is 13.8. The van der Waals surface area contributed by atoms with Crippen molar-refractivity contribution in [1.29, 1.82) is 0 Å². The number of anilines is 1. The zero-order chi connectivity index (χ0) is 13.8. The van der Waals surface area contributed by atoms with E-state index in [2.05, 4.69) is 21.2 Å². The smallest absolute Gasteiger partial charge is 0.128 e. The van der Waals surface area contributed by atoms with Crippen LogP contribution in [0.15, 0.2) is 46.9 Å². The van der Waals surface area contributed by atoms with Gasteiger partial charge in [-0.25, -0.2) is 4.39 Å². The Hall–Kier alpha value is -1.39. The molecular formula is C15H16BrFN2. The van der Waals surface area contributed by atoms with Crippen LogP contribution in [0.25, 0.3) is 0 Å². The highest BCUT2D eigenvalue weighted by atomic mass is 79.9. The highest BCUT2D eigenvalue weighted by Crippen LogP contribution is 2.28. The van der Waals surface area contributed by atoms with E-state index in [0.717, 1.165) is 15.7 Å². The molecule has 0 fully saturated rings. The van der Waals surface area contributed by atoms with Crippen molar-refractivity contribution >= 4 is 21.6 Å². The lowest BCUT2D eigenvalue weighted by Crippen LogP contribution is -2.21. The highest BCUT2D eigenvalue weighted by molar-refractivity contribution is 9.10. The molecule has 0 aliphatic rings. The number of halogens is 2. The Morgan fingerprint density at radius 1 is 1.26 bits per heavy atom. The van der Waals surface area contributed by atoms with E-state index in [1.807, 2.05) is 31.2 Å². The first-order valence-electron chi connectivity index (χ1n) is 6.09. The molecule has 0 aliphatic carbocycles. The summed E-state index contributed by atoms with van der Waals surface area (Å²) in [6.45, 7) is 2.33. The molecule has 0 saturated heterocycles. The maximum atomic E-state index is 13.8. The van der Waals surface area contributed by atoms with Crippen LogP contribution in [-0.4, -0.2) is 6.54 Å². The standard InChI is InChI=1S/C15H16BrFN2/c1-10-6-7-12(16)14(8-10)19-15(9-18)11-4-2-3-5-13(11)17/h2-8,15,19H,9,18H2,1H3. The fraction of sp³-hybridized carbons (Fsp3) is 0.200. The van der Waals surface area contributed by atoms with Gasteiger partial charge in [0.2, 0.25) is 0 Å². The quantitative estimate of drug-likeness (QED) is 0.892. The van der Waals surface area contributed by atoms with Gasteiger partial charge in [-0.15, -0.1) is 0 Å². The number of benzene rings is 2. The molecule has 0 spiro atoms. The molecule has 0 radical (unpaired) electrons. The Morgan fingerprint density at radius 2 is 2.00 bits per heavy atom. The third-order valence-electron chi connectivity index (χ3n) is 2.97. The van der Waals surface area contributed by atoms with Crippen molar-refractivity contribution in [2.45, 2.75) is 13.0 Å². The predicted octanol–water partition coefficient (Wildman–Crippen LogP) is 4.01. The van der Waals surface area contributed by atoms with Crippen LogP contribution in [0, 0.1) is 12.7 Å². The van der Waals surface area contributed by atoms with E-state index in [1.54, 1.807) is 12.1 Å². The fourth-order valence-corrected chi connectivity index (χ4v) is 2.32. The van der Waals surface area contributed by atoms with Gasteiger partial charge in [-0.1, -0.05) is 24.3 Å². The number of hydrogen-bond donors (Lipinski definition) is 2. The van der Waals surface area contributed by atoms with Crippen molar-refractivity contribution in [3.05, 3.63) is 63.9 Å². The molecule has 2 rings (SSSR count). The molecule has 2 nitrogen and oxygen atoms in total. The average molecular weight is 323 g/mol. The molecule has 1 atom stereocenters. The van der Waals surface area contributed by atoms with E-state index in [0.29, 0.717) is 12.1 Å². The van der Waals surface area contributed by atoms with Crippen LogP contribution in [0.3, 0.4) is 0 Å². The van der Waals surface area contributed by atoms with Gasteiger partial charge in [0.1, 0.15) is 5.82 Å². The summed E-state index contributed by atoms with van der Waals surface area (Å²) in [5.41, 5.74) is 8.40. The van der Waals surface area contributed by atoms with Crippen LogP contribution in [0.2, 0.25) is 0 Å². The molecule has 1 unspecified atom stereocenters. The zero-order valence-electron chi connectivity index (χ0n) is 10.7. The Bertz CT molecular complexity index is 572. The second-order valence-corrected chi connectivity index (χ2v) is 5.29. The van der Waals surface area contributed by atoms with Crippen molar-refractivity contribution in [3.8, 4) is 0 Å². The lowest BCUT2D eigenvalue weighted by atomic mass is 10.1. The molecule has 2 aromatic carbocycles. The van der Waals surface area contributed by atoms with Crippen molar-refractivity contribution < 1.29 is 4.39 Å². The van der Waals surface area contributed by atoms with Crippen LogP contribution in [-0.2, 0) is 0 Å². The molecule has 19 heavy (non-hydrogen) atoms. The molecule has 0 amide bonds. The second kappa shape index (κ2) is 6.17. The SMILES string of the molecule is Cc1ccc(Br)c(NC(CN)c2ccccc2F)c1. The summed E-state index contributed by atoms with van der Waals surface area (Å²) in [6.07, 6.45) is 0. The predicted molar refractivity (Wildman–Crippen MR) is 80.7 cm³/mol. The van der Waals surface area contributed by atoms with E-state index < -0.39 is 0 Å². The molecule has 0 heterocycles. The Morgan fingerprint density at radius 3 is 2.68 bits per heavy atom. The van der Waals surface area contributed by atoms with Gasteiger partial charge in [0.05, 0.1) is 6.04 Å². The van der Waals surface area contributed by atoms with Crippen LogP contribution in [0.1, 0.15) is 17.2 Å². The van der Waals surface area contributed by atoms with Crippen LogP contribution < -0.4 is 11.1 Å². The summed E-state index contributed by atoms with van der Waals surface area (Å²) < 4.78 is 14.7. The van der Waals surface area contributed by atoms with Gasteiger partial charge in [0.15, 0.2) is 0 Å². The van der Waals surface area contributed by atoms with E-state index in [1.165, 1.54) is 6.07 Å². The number of hydrogen-bond acceptors (Lipinski definition) is 2. The van der Waals surface area contributed by atoms with Gasteiger partial charge in [0, 0.05) is 22.3 Å². The lowest BCUT2D eigenvalue weighted by molar-refractivity contribution is 0.593. The Balaban J connectivity index is 2.29. The third-order valence-corrected chi connectivity index (χ3v) is 3.66. The highest BCUT2D eigenvalue weighted by Gasteiger charge is 2.14. The molecule has 0 bridgehead atoms. The van der Waals surface area contributed by atoms with Gasteiger partial charge >= 0.3 is 0 Å². The number of rotatable bonds is 4. The van der Waals surface area contributed by atoms with E-state index in [4.69, 9.17) is 5.73 Å². The van der Waals surface area contributed by atoms with Crippen molar-refractivity contribution in [2.75, 3.05) is 11.9 Å². The van der Waals surface area contributed by atoms with E-state index in [9.17, 15) is 4.39 Å². The topological polar surface area (TPSA) is 38.0 Å². The molecular weight excluding hydrogens is 307 g/mol. The van der Waals surface area contributed by atoms with Crippen molar-refractivity contribution in [1.82, 2.24) is 0 Å². The van der Waals surface area contributed by atoms with Gasteiger partial charge < -0.3 is 11.1 Å². The van der Waals surface area contributed by atoms with Crippen molar-refractivity contribution in [3.63, 3.8) is 0 Å². The van der Waals surface area contributed by atoms with Gasteiger partial charge in [-0.2, -0.15) is 0 Å². The average Bonchev–Trinajstić information content (AvgIpc) is 2.41. The Labute approximate surface area is 121 Å². The third kappa shape index (κ3) is 3.33. The molecule has 2 aromatic rings. The molecule has 0 aliphatic heterocycles. The largest absolute Gasteiger partial charge is 0.376 e. The minimum atomic E-state index is -0.251. The van der Waals surface area contributed by atoms with Crippen LogP contribution in [0.4, 0.5) is 10.1 Å². The first-order chi connectivity index (χ1) is 9.11. The first kappa shape index (κ1) is 14.0. The summed E-state index contributed by atoms with van der Waals surface area (Å²) in [4.78, 5) is 0. The molecule has 100 valence electrons. The molecule has 4 heteroatoms. The van der Waals surface area contributed by atoms with Crippen LogP contribution in [0.5, 0.6) is 0 Å². The molecule has 3 N–H and O–H groups in total. The van der Waals surface area contributed by atoms with Crippen LogP contribution >= 0.6 is 15.9 Å². The zero-order valence-corrected chi connectivity index (χ0v) is 12.2. The fourth-order valence-electron chi connectivity index (χ4n) is 1.96. The summed E-state index contributed by atoms with van der Waals surface area (Å²) >= 11 is 3.48. The molecule has 0 aromatic heterocycles. The van der Waals surface area contributed by atoms with E-state index in [-0.39, 0.29) is 11.9 Å². The maximum Gasteiger partial charge on any atom is 0.128 e. The first-order valence-corrected chi connectivity index (χ1v) is 6.88. The minimum absolute atomic E-state index is 0.241. The number of nitrogens with one attached hydrogen (secondary N) is 1. The summed E-state index contributed by atoms with van der Waals surface area (Å²) in [7, 11) is 0. The van der Waals surface area contributed by atoms with Gasteiger partial charge in [-0.05, 0) is 46.6 Å². The number of nitrogens with two attached hydrogens (primary N) is 1. The van der Waals surface area contributed by atoms with Gasteiger partial charge in [0.25, 0.3) is 0 Å².